The number of hydrogen-bond acceptors (Lipinski definition) is 5. The molecule has 1 heterocycles. The molecule has 0 atom stereocenters. The number of aromatic nitrogens is 2. The van der Waals surface area contributed by atoms with Crippen LogP contribution in [0.3, 0.4) is 0 Å². The monoisotopic (exact) mass is 509 g/mol. The Hall–Kier alpha value is -3.50. The van der Waals surface area contributed by atoms with Gasteiger partial charge in [-0.3, -0.25) is 19.2 Å². The first-order chi connectivity index (χ1) is 17.2. The molecule has 1 fully saturated rings. The lowest BCUT2D eigenvalue weighted by Gasteiger charge is -2.22. The van der Waals surface area contributed by atoms with E-state index >= 15 is 0 Å². The SMILES string of the molecule is CCCN(C(=O)c1ccc(NC(=O)Cc2ccc(S(=O)(=O)NC3CC3)cc2)cc1)c1cc(C)nn1C. The predicted octanol–water partition coefficient (Wildman–Crippen LogP) is 3.41. The van der Waals surface area contributed by atoms with Crippen molar-refractivity contribution in [1.29, 1.82) is 0 Å². The molecule has 9 nitrogen and oxygen atoms in total. The number of sulfonamides is 1. The van der Waals surface area contributed by atoms with Crippen LogP contribution in [-0.4, -0.2) is 42.6 Å². The van der Waals surface area contributed by atoms with Crippen molar-refractivity contribution in [2.45, 2.75) is 50.5 Å². The molecule has 2 aromatic carbocycles. The van der Waals surface area contributed by atoms with E-state index < -0.39 is 10.0 Å². The molecule has 0 spiro atoms. The summed E-state index contributed by atoms with van der Waals surface area (Å²) in [6.07, 6.45) is 2.64. The summed E-state index contributed by atoms with van der Waals surface area (Å²) in [4.78, 5) is 27.6. The topological polar surface area (TPSA) is 113 Å². The Morgan fingerprint density at radius 2 is 1.75 bits per heavy atom. The molecule has 36 heavy (non-hydrogen) atoms. The maximum atomic E-state index is 13.2. The fourth-order valence-corrected chi connectivity index (χ4v) is 5.22. The number of hydrogen-bond donors (Lipinski definition) is 2. The molecule has 1 aromatic heterocycles. The van der Waals surface area contributed by atoms with Crippen molar-refractivity contribution in [3.8, 4) is 0 Å². The molecule has 0 bridgehead atoms. The number of nitrogens with zero attached hydrogens (tertiary/aromatic N) is 3. The minimum absolute atomic E-state index is 0.0382. The van der Waals surface area contributed by atoms with Crippen molar-refractivity contribution in [3.63, 3.8) is 0 Å². The van der Waals surface area contributed by atoms with Crippen LogP contribution in [0.4, 0.5) is 11.5 Å². The molecule has 190 valence electrons. The van der Waals surface area contributed by atoms with Crippen LogP contribution in [-0.2, 0) is 28.3 Å². The second-order valence-electron chi connectivity index (χ2n) is 9.07. The van der Waals surface area contributed by atoms with Gasteiger partial charge in [-0.05, 0) is 68.1 Å². The summed E-state index contributed by atoms with van der Waals surface area (Å²) in [5.74, 6) is 0.363. The van der Waals surface area contributed by atoms with Gasteiger partial charge in [0.15, 0.2) is 0 Å². The van der Waals surface area contributed by atoms with Gasteiger partial charge in [0.25, 0.3) is 5.91 Å². The number of anilines is 2. The number of carbonyl (C=O) groups excluding carboxylic acids is 2. The van der Waals surface area contributed by atoms with Crippen molar-refractivity contribution < 1.29 is 18.0 Å². The summed E-state index contributed by atoms with van der Waals surface area (Å²) in [6.45, 7) is 4.46. The fraction of sp³-hybridized carbons (Fsp3) is 0.346. The Bertz CT molecular complexity index is 1340. The third-order valence-corrected chi connectivity index (χ3v) is 7.40. The summed E-state index contributed by atoms with van der Waals surface area (Å²) < 4.78 is 28.9. The Kier molecular flexibility index (Phi) is 7.56. The quantitative estimate of drug-likeness (QED) is 0.435. The van der Waals surface area contributed by atoms with E-state index in [0.29, 0.717) is 23.4 Å². The predicted molar refractivity (Wildman–Crippen MR) is 138 cm³/mol. The number of benzene rings is 2. The summed E-state index contributed by atoms with van der Waals surface area (Å²) in [7, 11) is -1.70. The van der Waals surface area contributed by atoms with Gasteiger partial charge >= 0.3 is 0 Å². The number of rotatable bonds is 10. The van der Waals surface area contributed by atoms with Gasteiger partial charge in [-0.2, -0.15) is 5.10 Å². The van der Waals surface area contributed by atoms with Crippen LogP contribution >= 0.6 is 0 Å². The molecule has 3 aromatic rings. The highest BCUT2D eigenvalue weighted by Crippen LogP contribution is 2.23. The fourth-order valence-electron chi connectivity index (χ4n) is 3.91. The lowest BCUT2D eigenvalue weighted by molar-refractivity contribution is -0.115. The molecule has 10 heteroatoms. The van der Waals surface area contributed by atoms with Crippen LogP contribution in [0.5, 0.6) is 0 Å². The van der Waals surface area contributed by atoms with Gasteiger partial charge in [0.2, 0.25) is 15.9 Å². The smallest absolute Gasteiger partial charge is 0.259 e. The van der Waals surface area contributed by atoms with Gasteiger partial charge in [0, 0.05) is 37.0 Å². The second kappa shape index (κ2) is 10.6. The first-order valence-electron chi connectivity index (χ1n) is 12.0. The van der Waals surface area contributed by atoms with Gasteiger partial charge in [-0.1, -0.05) is 19.1 Å². The third kappa shape index (κ3) is 6.19. The summed E-state index contributed by atoms with van der Waals surface area (Å²) in [5.41, 5.74) is 2.62. The van der Waals surface area contributed by atoms with Crippen molar-refractivity contribution in [2.75, 3.05) is 16.8 Å². The summed E-state index contributed by atoms with van der Waals surface area (Å²) in [6, 6.07) is 15.0. The van der Waals surface area contributed by atoms with Crippen LogP contribution in [0.1, 0.15) is 47.8 Å². The molecule has 1 aliphatic carbocycles. The van der Waals surface area contributed by atoms with E-state index in [1.807, 2.05) is 27.0 Å². The number of nitrogens with one attached hydrogen (secondary N) is 2. The van der Waals surface area contributed by atoms with E-state index in [4.69, 9.17) is 0 Å². The van der Waals surface area contributed by atoms with E-state index in [1.54, 1.807) is 46.0 Å². The van der Waals surface area contributed by atoms with Gasteiger partial charge in [-0.15, -0.1) is 0 Å². The van der Waals surface area contributed by atoms with Gasteiger partial charge in [-0.25, -0.2) is 13.1 Å². The molecular weight excluding hydrogens is 478 g/mol. The summed E-state index contributed by atoms with van der Waals surface area (Å²) >= 11 is 0. The van der Waals surface area contributed by atoms with Crippen LogP contribution in [0.2, 0.25) is 0 Å². The first kappa shape index (κ1) is 25.6. The van der Waals surface area contributed by atoms with E-state index in [1.165, 1.54) is 12.1 Å². The van der Waals surface area contributed by atoms with Crippen molar-refractivity contribution >= 4 is 33.3 Å². The van der Waals surface area contributed by atoms with E-state index in [9.17, 15) is 18.0 Å². The van der Waals surface area contributed by atoms with Crippen LogP contribution in [0, 0.1) is 6.92 Å². The minimum Gasteiger partial charge on any atom is -0.326 e. The van der Waals surface area contributed by atoms with Gasteiger partial charge in [0.05, 0.1) is 17.0 Å². The third-order valence-electron chi connectivity index (χ3n) is 5.86. The minimum atomic E-state index is -3.52. The molecule has 0 aliphatic heterocycles. The largest absolute Gasteiger partial charge is 0.326 e. The normalized spacial score (nSPS) is 13.4. The Labute approximate surface area is 211 Å². The maximum absolute atomic E-state index is 13.2. The highest BCUT2D eigenvalue weighted by molar-refractivity contribution is 7.89. The zero-order chi connectivity index (χ0) is 25.9. The molecule has 2 amide bonds. The molecule has 4 rings (SSSR count). The van der Waals surface area contributed by atoms with Crippen molar-refractivity contribution in [2.24, 2.45) is 7.05 Å². The Balaban J connectivity index is 1.37. The molecular formula is C26H31N5O4S. The van der Waals surface area contributed by atoms with Crippen molar-refractivity contribution in [1.82, 2.24) is 14.5 Å². The van der Waals surface area contributed by atoms with Crippen LogP contribution < -0.4 is 14.9 Å². The standard InChI is InChI=1S/C26H31N5O4S/c1-4-15-31(25-16-18(2)28-30(25)3)26(33)20-7-9-21(10-8-20)27-24(32)17-19-5-13-23(14-6-19)36(34,35)29-22-11-12-22/h5-10,13-14,16,22,29H,4,11-12,15,17H2,1-3H3,(H,27,32). The first-order valence-corrected chi connectivity index (χ1v) is 13.5. The lowest BCUT2D eigenvalue weighted by Crippen LogP contribution is -2.33. The Morgan fingerprint density at radius 3 is 2.31 bits per heavy atom. The number of aryl methyl sites for hydroxylation is 2. The van der Waals surface area contributed by atoms with Crippen LogP contribution in [0.15, 0.2) is 59.5 Å². The maximum Gasteiger partial charge on any atom is 0.259 e. The molecule has 0 saturated heterocycles. The zero-order valence-corrected chi connectivity index (χ0v) is 21.5. The van der Waals surface area contributed by atoms with E-state index in [-0.39, 0.29) is 29.2 Å². The molecule has 1 aliphatic rings. The zero-order valence-electron chi connectivity index (χ0n) is 20.7. The van der Waals surface area contributed by atoms with Gasteiger partial charge < -0.3 is 5.32 Å². The second-order valence-corrected chi connectivity index (χ2v) is 10.8. The molecule has 0 radical (unpaired) electrons. The average Bonchev–Trinajstić information content (AvgIpc) is 3.58. The van der Waals surface area contributed by atoms with E-state index in [0.717, 1.165) is 30.8 Å². The summed E-state index contributed by atoms with van der Waals surface area (Å²) in [5, 5.41) is 7.17. The molecule has 0 unspecified atom stereocenters. The number of carbonyl (C=O) groups is 2. The highest BCUT2D eigenvalue weighted by atomic mass is 32.2. The highest BCUT2D eigenvalue weighted by Gasteiger charge is 2.28. The number of amides is 2. The molecule has 1 saturated carbocycles. The van der Waals surface area contributed by atoms with Crippen molar-refractivity contribution in [3.05, 3.63) is 71.4 Å². The Morgan fingerprint density at radius 1 is 1.08 bits per heavy atom. The van der Waals surface area contributed by atoms with Gasteiger partial charge in [0.1, 0.15) is 5.82 Å². The molecule has 2 N–H and O–H groups in total. The lowest BCUT2D eigenvalue weighted by atomic mass is 10.1. The average molecular weight is 510 g/mol. The van der Waals surface area contributed by atoms with E-state index in [2.05, 4.69) is 15.1 Å². The van der Waals surface area contributed by atoms with Crippen LogP contribution in [0.25, 0.3) is 0 Å².